The third kappa shape index (κ3) is 4.92. The normalized spacial score (nSPS) is 11.7. The topological polar surface area (TPSA) is 73.2 Å². The number of rotatable bonds is 8. The van der Waals surface area contributed by atoms with E-state index in [4.69, 9.17) is 4.74 Å². The molecule has 4 rings (SSSR count). The zero-order valence-corrected chi connectivity index (χ0v) is 18.9. The Morgan fingerprint density at radius 1 is 1.06 bits per heavy atom. The lowest BCUT2D eigenvalue weighted by Gasteiger charge is -2.18. The van der Waals surface area contributed by atoms with E-state index in [0.29, 0.717) is 5.16 Å². The van der Waals surface area contributed by atoms with Crippen LogP contribution in [-0.2, 0) is 9.53 Å². The molecular formula is C24H21N3O3S2. The van der Waals surface area contributed by atoms with E-state index in [0.717, 1.165) is 16.1 Å². The summed E-state index contributed by atoms with van der Waals surface area (Å²) < 4.78 is 7.07. The van der Waals surface area contributed by atoms with Gasteiger partial charge in [-0.1, -0.05) is 66.4 Å². The maximum absolute atomic E-state index is 12.8. The quantitative estimate of drug-likeness (QED) is 0.302. The molecular weight excluding hydrogens is 442 g/mol. The highest BCUT2D eigenvalue weighted by Gasteiger charge is 2.22. The van der Waals surface area contributed by atoms with E-state index in [1.54, 1.807) is 15.9 Å². The lowest BCUT2D eigenvalue weighted by atomic mass is 10.1. The smallest absolute Gasteiger partial charge is 0.357 e. The molecule has 8 heteroatoms. The van der Waals surface area contributed by atoms with Gasteiger partial charge >= 0.3 is 5.97 Å². The average molecular weight is 464 g/mol. The van der Waals surface area contributed by atoms with E-state index in [1.807, 2.05) is 84.4 Å². The largest absolute Gasteiger partial charge is 0.451 e. The summed E-state index contributed by atoms with van der Waals surface area (Å²) in [7, 11) is 0. The first-order valence-electron chi connectivity index (χ1n) is 9.89. The number of amides is 1. The van der Waals surface area contributed by atoms with E-state index in [9.17, 15) is 9.59 Å². The Morgan fingerprint density at radius 3 is 2.44 bits per heavy atom. The number of esters is 1. The summed E-state index contributed by atoms with van der Waals surface area (Å²) in [4.78, 5) is 30.8. The number of nitrogens with zero attached hydrogens (tertiary/aromatic N) is 2. The number of para-hydroxylation sites is 1. The highest BCUT2D eigenvalue weighted by Crippen LogP contribution is 2.26. The molecule has 0 saturated heterocycles. The summed E-state index contributed by atoms with van der Waals surface area (Å²) in [5, 5.41) is 5.60. The van der Waals surface area contributed by atoms with Gasteiger partial charge in [0, 0.05) is 10.6 Å². The van der Waals surface area contributed by atoms with Crippen LogP contribution in [-0.4, -0.2) is 34.3 Å². The molecule has 0 fully saturated rings. The van der Waals surface area contributed by atoms with Crippen molar-refractivity contribution in [1.82, 2.24) is 14.9 Å². The molecule has 0 aliphatic rings. The Kier molecular flexibility index (Phi) is 7.03. The van der Waals surface area contributed by atoms with Gasteiger partial charge in [-0.05, 0) is 35.4 Å². The fraction of sp³-hybridized carbons (Fsp3) is 0.125. The Bertz CT molecular complexity index is 1180. The Hall–Kier alpha value is -3.36. The van der Waals surface area contributed by atoms with Gasteiger partial charge in [0.05, 0.1) is 12.2 Å². The molecule has 0 saturated carbocycles. The lowest BCUT2D eigenvalue weighted by molar-refractivity contribution is -0.124. The van der Waals surface area contributed by atoms with Crippen molar-refractivity contribution in [3.05, 3.63) is 101 Å². The molecule has 1 amide bonds. The zero-order valence-electron chi connectivity index (χ0n) is 17.3. The summed E-state index contributed by atoms with van der Waals surface area (Å²) in [6, 6.07) is 22.7. The van der Waals surface area contributed by atoms with E-state index < -0.39 is 5.97 Å². The van der Waals surface area contributed by atoms with Gasteiger partial charge in [-0.25, -0.2) is 9.78 Å². The summed E-state index contributed by atoms with van der Waals surface area (Å²) >= 11 is 2.98. The minimum atomic E-state index is -0.607. The summed E-state index contributed by atoms with van der Waals surface area (Å²) in [6.45, 7) is -0.387. The van der Waals surface area contributed by atoms with Crippen LogP contribution in [0.2, 0.25) is 0 Å². The number of hydrogen-bond donors (Lipinski definition) is 1. The molecule has 6 nitrogen and oxygen atoms in total. The molecule has 2 aromatic carbocycles. The Morgan fingerprint density at radius 2 is 1.78 bits per heavy atom. The standard InChI is InChI=1S/C24H21N3O3S2/c1-31-24-25-15-19(27(24)18-11-6-3-7-12-18)23(29)30-16-21(28)26-22(20-13-8-14-32-20)17-9-4-2-5-10-17/h2-15,22H,16H2,1H3,(H,26,28). The maximum Gasteiger partial charge on any atom is 0.357 e. The lowest BCUT2D eigenvalue weighted by Crippen LogP contribution is -2.33. The highest BCUT2D eigenvalue weighted by atomic mass is 32.2. The van der Waals surface area contributed by atoms with Crippen LogP contribution in [0.5, 0.6) is 0 Å². The Labute approximate surface area is 194 Å². The van der Waals surface area contributed by atoms with Crippen molar-refractivity contribution in [1.29, 1.82) is 0 Å². The second-order valence-corrected chi connectivity index (χ2v) is 8.56. The van der Waals surface area contributed by atoms with Gasteiger partial charge in [0.15, 0.2) is 17.5 Å². The van der Waals surface area contributed by atoms with Gasteiger partial charge in [-0.15, -0.1) is 11.3 Å². The number of carbonyl (C=O) groups is 2. The van der Waals surface area contributed by atoms with Crippen LogP contribution in [0.4, 0.5) is 0 Å². The van der Waals surface area contributed by atoms with Crippen LogP contribution in [0.1, 0.15) is 27.0 Å². The first-order chi connectivity index (χ1) is 15.7. The molecule has 0 aliphatic carbocycles. The molecule has 162 valence electrons. The van der Waals surface area contributed by atoms with Gasteiger partial charge in [0.1, 0.15) is 0 Å². The maximum atomic E-state index is 12.8. The molecule has 2 aromatic heterocycles. The van der Waals surface area contributed by atoms with Crippen molar-refractivity contribution in [3.8, 4) is 5.69 Å². The zero-order chi connectivity index (χ0) is 22.3. The van der Waals surface area contributed by atoms with Crippen molar-refractivity contribution in [2.75, 3.05) is 12.9 Å². The number of carbonyl (C=O) groups excluding carboxylic acids is 2. The van der Waals surface area contributed by atoms with Crippen LogP contribution in [0.25, 0.3) is 5.69 Å². The molecule has 0 bridgehead atoms. The minimum Gasteiger partial charge on any atom is -0.451 e. The van der Waals surface area contributed by atoms with Crippen molar-refractivity contribution in [3.63, 3.8) is 0 Å². The fourth-order valence-corrected chi connectivity index (χ4v) is 4.62. The molecule has 1 atom stereocenters. The minimum absolute atomic E-state index is 0.270. The number of thiophene rings is 1. The second-order valence-electron chi connectivity index (χ2n) is 6.80. The number of hydrogen-bond acceptors (Lipinski definition) is 6. The van der Waals surface area contributed by atoms with Crippen molar-refractivity contribution in [2.24, 2.45) is 0 Å². The highest BCUT2D eigenvalue weighted by molar-refractivity contribution is 7.98. The molecule has 1 unspecified atom stereocenters. The molecule has 32 heavy (non-hydrogen) atoms. The van der Waals surface area contributed by atoms with Crippen LogP contribution in [0.15, 0.2) is 89.5 Å². The predicted molar refractivity (Wildman–Crippen MR) is 126 cm³/mol. The molecule has 4 aromatic rings. The number of imidazole rings is 1. The van der Waals surface area contributed by atoms with E-state index in [1.165, 1.54) is 18.0 Å². The first-order valence-corrected chi connectivity index (χ1v) is 12.0. The van der Waals surface area contributed by atoms with Gasteiger partial charge in [-0.3, -0.25) is 9.36 Å². The monoisotopic (exact) mass is 463 g/mol. The first kappa shape index (κ1) is 21.9. The molecule has 1 N–H and O–H groups in total. The molecule has 0 spiro atoms. The molecule has 0 radical (unpaired) electrons. The number of ether oxygens (including phenoxy) is 1. The molecule has 2 heterocycles. The third-order valence-corrected chi connectivity index (χ3v) is 6.33. The van der Waals surface area contributed by atoms with Crippen molar-refractivity contribution in [2.45, 2.75) is 11.2 Å². The van der Waals surface area contributed by atoms with E-state index in [-0.39, 0.29) is 24.2 Å². The van der Waals surface area contributed by atoms with Gasteiger partial charge in [0.25, 0.3) is 5.91 Å². The van der Waals surface area contributed by atoms with E-state index in [2.05, 4.69) is 10.3 Å². The van der Waals surface area contributed by atoms with Gasteiger partial charge in [0.2, 0.25) is 0 Å². The number of thioether (sulfide) groups is 1. The fourth-order valence-electron chi connectivity index (χ4n) is 3.28. The van der Waals surface area contributed by atoms with Crippen LogP contribution < -0.4 is 5.32 Å². The SMILES string of the molecule is CSc1ncc(C(=O)OCC(=O)NC(c2ccccc2)c2cccs2)n1-c1ccccc1. The third-order valence-electron chi connectivity index (χ3n) is 4.74. The average Bonchev–Trinajstić information content (AvgIpc) is 3.52. The summed E-state index contributed by atoms with van der Waals surface area (Å²) in [5.74, 6) is -0.986. The number of benzene rings is 2. The van der Waals surface area contributed by atoms with E-state index >= 15 is 0 Å². The summed E-state index contributed by atoms with van der Waals surface area (Å²) in [5.41, 5.74) is 2.03. The number of nitrogens with one attached hydrogen (secondary N) is 1. The van der Waals surface area contributed by atoms with Gasteiger partial charge < -0.3 is 10.1 Å². The second kappa shape index (κ2) is 10.3. The Balaban J connectivity index is 1.46. The van der Waals surface area contributed by atoms with Crippen LogP contribution in [0.3, 0.4) is 0 Å². The van der Waals surface area contributed by atoms with Crippen LogP contribution in [0, 0.1) is 0 Å². The molecule has 0 aliphatic heterocycles. The number of aromatic nitrogens is 2. The van der Waals surface area contributed by atoms with Crippen molar-refractivity contribution < 1.29 is 14.3 Å². The van der Waals surface area contributed by atoms with Gasteiger partial charge in [-0.2, -0.15) is 0 Å². The predicted octanol–water partition coefficient (Wildman–Crippen LogP) is 4.72. The van der Waals surface area contributed by atoms with Crippen molar-refractivity contribution >= 4 is 35.0 Å². The summed E-state index contributed by atoms with van der Waals surface area (Å²) in [6.07, 6.45) is 3.36. The van der Waals surface area contributed by atoms with Crippen LogP contribution >= 0.6 is 23.1 Å².